The Balaban J connectivity index is 1.84. The SMILES string of the molecule is CCn1c(SCC(=O)c2c(N)n(CCOC)c(=O)[nH]c2=O)nnc1-c1ccc(Cl)cc1. The average Bonchev–Trinajstić information content (AvgIpc) is 3.15. The number of thioether (sulfide) groups is 1. The minimum Gasteiger partial charge on any atom is -0.384 e. The number of nitrogens with one attached hydrogen (secondary N) is 1. The minimum atomic E-state index is -0.819. The van der Waals surface area contributed by atoms with Crippen molar-refractivity contribution in [2.75, 3.05) is 25.2 Å². The molecular formula is C19H21ClN6O4S. The van der Waals surface area contributed by atoms with E-state index in [1.54, 1.807) is 12.1 Å². The second-order valence-electron chi connectivity index (χ2n) is 6.43. The zero-order valence-electron chi connectivity index (χ0n) is 16.9. The standard InChI is InChI=1S/C19H21ClN6O4S/c1-3-25-16(11-4-6-12(20)7-5-11)23-24-19(25)31-10-13(27)14-15(21)26(8-9-30-2)18(29)22-17(14)28/h4-7H,3,8-10,21H2,1-2H3,(H,22,28,29). The second kappa shape index (κ2) is 9.94. The third-order valence-electron chi connectivity index (χ3n) is 4.51. The summed E-state index contributed by atoms with van der Waals surface area (Å²) in [6.07, 6.45) is 0. The van der Waals surface area contributed by atoms with Gasteiger partial charge in [-0.2, -0.15) is 0 Å². The molecule has 2 heterocycles. The quantitative estimate of drug-likeness (QED) is 0.360. The number of ketones is 1. The third kappa shape index (κ3) is 4.89. The van der Waals surface area contributed by atoms with Crippen molar-refractivity contribution < 1.29 is 9.53 Å². The third-order valence-corrected chi connectivity index (χ3v) is 5.72. The van der Waals surface area contributed by atoms with Gasteiger partial charge in [0.25, 0.3) is 5.56 Å². The van der Waals surface area contributed by atoms with E-state index in [1.165, 1.54) is 7.11 Å². The molecule has 0 bridgehead atoms. The maximum atomic E-state index is 12.8. The molecule has 0 aliphatic heterocycles. The number of Topliss-reactive ketones (excluding diaryl/α,β-unsaturated/α-hetero) is 1. The van der Waals surface area contributed by atoms with E-state index < -0.39 is 17.0 Å². The molecule has 0 atom stereocenters. The number of ether oxygens (including phenoxy) is 1. The summed E-state index contributed by atoms with van der Waals surface area (Å²) in [5.74, 6) is -0.169. The Morgan fingerprint density at radius 1 is 1.23 bits per heavy atom. The number of nitrogens with two attached hydrogens (primary N) is 1. The molecule has 2 aromatic heterocycles. The first-order valence-corrected chi connectivity index (χ1v) is 10.7. The Morgan fingerprint density at radius 3 is 2.58 bits per heavy atom. The molecule has 0 amide bonds. The number of aromatic amines is 1. The molecule has 10 nitrogen and oxygen atoms in total. The van der Waals surface area contributed by atoms with Gasteiger partial charge in [-0.1, -0.05) is 23.4 Å². The highest BCUT2D eigenvalue weighted by Gasteiger charge is 2.21. The van der Waals surface area contributed by atoms with Gasteiger partial charge >= 0.3 is 5.69 Å². The summed E-state index contributed by atoms with van der Waals surface area (Å²) in [6, 6.07) is 7.19. The largest absolute Gasteiger partial charge is 0.384 e. The number of hydrogen-bond acceptors (Lipinski definition) is 8. The molecule has 3 N–H and O–H groups in total. The van der Waals surface area contributed by atoms with Crippen LogP contribution in [0.4, 0.5) is 5.82 Å². The van der Waals surface area contributed by atoms with Crippen LogP contribution in [0.25, 0.3) is 11.4 Å². The molecular weight excluding hydrogens is 444 g/mol. The highest BCUT2D eigenvalue weighted by Crippen LogP contribution is 2.25. The number of benzene rings is 1. The van der Waals surface area contributed by atoms with Crippen molar-refractivity contribution in [1.29, 1.82) is 0 Å². The molecule has 3 aromatic rings. The van der Waals surface area contributed by atoms with Gasteiger partial charge in [0.15, 0.2) is 16.8 Å². The minimum absolute atomic E-state index is 0.103. The number of nitrogens with zero attached hydrogens (tertiary/aromatic N) is 4. The van der Waals surface area contributed by atoms with Crippen molar-refractivity contribution in [1.82, 2.24) is 24.3 Å². The number of carbonyl (C=O) groups excluding carboxylic acids is 1. The summed E-state index contributed by atoms with van der Waals surface area (Å²) in [5.41, 5.74) is 5.02. The fraction of sp³-hybridized carbons (Fsp3) is 0.316. The van der Waals surface area contributed by atoms with Crippen LogP contribution in [0.3, 0.4) is 0 Å². The smallest absolute Gasteiger partial charge is 0.330 e. The number of carbonyl (C=O) groups is 1. The molecule has 31 heavy (non-hydrogen) atoms. The van der Waals surface area contributed by atoms with Crippen molar-refractivity contribution >= 4 is 35.0 Å². The number of nitrogen functional groups attached to an aromatic ring is 1. The van der Waals surface area contributed by atoms with Crippen molar-refractivity contribution in [2.45, 2.75) is 25.2 Å². The molecule has 0 saturated carbocycles. The van der Waals surface area contributed by atoms with E-state index in [2.05, 4.69) is 15.2 Å². The van der Waals surface area contributed by atoms with Crippen molar-refractivity contribution in [3.8, 4) is 11.4 Å². The predicted molar refractivity (Wildman–Crippen MR) is 119 cm³/mol. The first-order chi connectivity index (χ1) is 14.9. The Kier molecular flexibility index (Phi) is 7.31. The topological polar surface area (TPSA) is 138 Å². The number of rotatable bonds is 9. The lowest BCUT2D eigenvalue weighted by atomic mass is 10.2. The van der Waals surface area contributed by atoms with E-state index in [0.29, 0.717) is 22.5 Å². The van der Waals surface area contributed by atoms with E-state index in [9.17, 15) is 14.4 Å². The molecule has 3 rings (SSSR count). The van der Waals surface area contributed by atoms with Crippen LogP contribution >= 0.6 is 23.4 Å². The summed E-state index contributed by atoms with van der Waals surface area (Å²) >= 11 is 7.08. The number of halogens is 1. The van der Waals surface area contributed by atoms with E-state index in [0.717, 1.165) is 21.9 Å². The van der Waals surface area contributed by atoms with Gasteiger partial charge in [0, 0.05) is 24.2 Å². The molecule has 0 spiro atoms. The Morgan fingerprint density at radius 2 is 1.94 bits per heavy atom. The Hall–Kier alpha value is -2.89. The summed E-state index contributed by atoms with van der Waals surface area (Å²) in [4.78, 5) is 39.1. The summed E-state index contributed by atoms with van der Waals surface area (Å²) in [5, 5.41) is 9.52. The molecule has 0 fully saturated rings. The number of methoxy groups -OCH3 is 1. The lowest BCUT2D eigenvalue weighted by molar-refractivity contribution is 0.102. The average molecular weight is 465 g/mol. The van der Waals surface area contributed by atoms with Gasteiger partial charge in [0.05, 0.1) is 18.9 Å². The van der Waals surface area contributed by atoms with E-state index >= 15 is 0 Å². The maximum Gasteiger partial charge on any atom is 0.330 e. The van der Waals surface area contributed by atoms with Gasteiger partial charge in [-0.15, -0.1) is 10.2 Å². The molecule has 0 radical (unpaired) electrons. The maximum absolute atomic E-state index is 12.8. The molecule has 0 unspecified atom stereocenters. The van der Waals surface area contributed by atoms with Gasteiger partial charge in [0.1, 0.15) is 11.4 Å². The van der Waals surface area contributed by atoms with E-state index in [4.69, 9.17) is 22.1 Å². The molecule has 12 heteroatoms. The lowest BCUT2D eigenvalue weighted by Gasteiger charge is -2.11. The van der Waals surface area contributed by atoms with Gasteiger partial charge in [-0.3, -0.25) is 19.1 Å². The van der Waals surface area contributed by atoms with Crippen LogP contribution in [0.5, 0.6) is 0 Å². The number of aromatic nitrogens is 5. The summed E-state index contributed by atoms with van der Waals surface area (Å²) < 4.78 is 7.90. The fourth-order valence-corrected chi connectivity index (χ4v) is 3.96. The fourth-order valence-electron chi connectivity index (χ4n) is 2.96. The molecule has 0 aliphatic rings. The number of anilines is 1. The second-order valence-corrected chi connectivity index (χ2v) is 7.81. The highest BCUT2D eigenvalue weighted by molar-refractivity contribution is 7.99. The molecule has 164 valence electrons. The molecule has 0 aliphatic carbocycles. The summed E-state index contributed by atoms with van der Waals surface area (Å²) in [7, 11) is 1.47. The number of H-pyrrole nitrogens is 1. The van der Waals surface area contributed by atoms with Gasteiger partial charge in [-0.25, -0.2) is 4.79 Å². The lowest BCUT2D eigenvalue weighted by Crippen LogP contribution is -2.37. The zero-order chi connectivity index (χ0) is 22.5. The van der Waals surface area contributed by atoms with Crippen LogP contribution in [0.1, 0.15) is 17.3 Å². The summed E-state index contributed by atoms with van der Waals surface area (Å²) in [6.45, 7) is 2.82. The van der Waals surface area contributed by atoms with Crippen molar-refractivity contribution in [2.24, 2.45) is 0 Å². The monoisotopic (exact) mass is 464 g/mol. The van der Waals surface area contributed by atoms with Gasteiger partial charge in [0.2, 0.25) is 0 Å². The van der Waals surface area contributed by atoms with E-state index in [-0.39, 0.29) is 30.3 Å². The van der Waals surface area contributed by atoms with Crippen LogP contribution < -0.4 is 17.0 Å². The first-order valence-electron chi connectivity index (χ1n) is 9.34. The van der Waals surface area contributed by atoms with Crippen LogP contribution in [0, 0.1) is 0 Å². The Labute approximate surface area is 186 Å². The zero-order valence-corrected chi connectivity index (χ0v) is 18.5. The van der Waals surface area contributed by atoms with Crippen LogP contribution in [0.15, 0.2) is 39.0 Å². The van der Waals surface area contributed by atoms with Crippen molar-refractivity contribution in [3.63, 3.8) is 0 Å². The highest BCUT2D eigenvalue weighted by atomic mass is 35.5. The van der Waals surface area contributed by atoms with Gasteiger partial charge in [-0.05, 0) is 31.2 Å². The van der Waals surface area contributed by atoms with Gasteiger partial charge < -0.3 is 15.0 Å². The van der Waals surface area contributed by atoms with E-state index in [1.807, 2.05) is 23.6 Å². The molecule has 0 saturated heterocycles. The predicted octanol–water partition coefficient (Wildman–Crippen LogP) is 1.67. The Bertz CT molecular complexity index is 1200. The first kappa shape index (κ1) is 22.8. The van der Waals surface area contributed by atoms with Crippen LogP contribution in [0.2, 0.25) is 5.02 Å². The van der Waals surface area contributed by atoms with Crippen LogP contribution in [-0.4, -0.2) is 49.6 Å². The van der Waals surface area contributed by atoms with Crippen LogP contribution in [-0.2, 0) is 17.8 Å². The normalized spacial score (nSPS) is 11.1. The molecule has 1 aromatic carbocycles. The van der Waals surface area contributed by atoms with Crippen molar-refractivity contribution in [3.05, 3.63) is 55.7 Å². The number of hydrogen-bond donors (Lipinski definition) is 2.